The number of benzene rings is 1. The lowest BCUT2D eigenvalue weighted by atomic mass is 10.2. The van der Waals surface area contributed by atoms with Gasteiger partial charge in [0.1, 0.15) is 5.75 Å². The highest BCUT2D eigenvalue weighted by Gasteiger charge is 2.20. The molecule has 0 saturated carbocycles. The van der Waals surface area contributed by atoms with Crippen LogP contribution in [0.25, 0.3) is 0 Å². The van der Waals surface area contributed by atoms with Gasteiger partial charge in [-0.3, -0.25) is 0 Å². The zero-order valence-corrected chi connectivity index (χ0v) is 8.94. The summed E-state index contributed by atoms with van der Waals surface area (Å²) in [4.78, 5) is 0. The van der Waals surface area contributed by atoms with Crippen molar-refractivity contribution in [3.63, 3.8) is 0 Å². The van der Waals surface area contributed by atoms with Gasteiger partial charge < -0.3 is 9.47 Å². The summed E-state index contributed by atoms with van der Waals surface area (Å²) in [5.74, 6) is -0.0265. The fourth-order valence-electron chi connectivity index (χ4n) is 1.30. The van der Waals surface area contributed by atoms with E-state index in [-0.39, 0.29) is 17.4 Å². The van der Waals surface area contributed by atoms with Crippen molar-refractivity contribution in [2.75, 3.05) is 6.79 Å². The van der Waals surface area contributed by atoms with Crippen molar-refractivity contribution < 1.29 is 21.8 Å². The zero-order valence-electron chi connectivity index (χ0n) is 7.37. The minimum absolute atomic E-state index is 0.0287. The van der Waals surface area contributed by atoms with Crippen molar-refractivity contribution in [2.24, 2.45) is 0 Å². The lowest BCUT2D eigenvalue weighted by Crippen LogP contribution is -1.96. The minimum atomic E-state index is -4.57. The van der Waals surface area contributed by atoms with Crippen molar-refractivity contribution in [3.05, 3.63) is 22.7 Å². The van der Waals surface area contributed by atoms with E-state index in [9.17, 15) is 12.3 Å². The largest absolute Gasteiger partial charge is 0.454 e. The number of halogens is 2. The van der Waals surface area contributed by atoms with E-state index in [0.717, 1.165) is 0 Å². The van der Waals surface area contributed by atoms with E-state index in [2.05, 4.69) is 0 Å². The van der Waals surface area contributed by atoms with Crippen LogP contribution in [0.1, 0.15) is 5.56 Å². The molecule has 0 atom stereocenters. The van der Waals surface area contributed by atoms with Gasteiger partial charge in [0.15, 0.2) is 11.5 Å². The fourth-order valence-corrected chi connectivity index (χ4v) is 2.16. The Balaban J connectivity index is 2.40. The van der Waals surface area contributed by atoms with Crippen molar-refractivity contribution in [3.8, 4) is 11.5 Å². The summed E-state index contributed by atoms with van der Waals surface area (Å²) in [7, 11) is -4.57. The molecule has 1 heterocycles. The van der Waals surface area contributed by atoms with E-state index < -0.39 is 16.0 Å². The molecule has 1 aliphatic heterocycles. The van der Waals surface area contributed by atoms with Gasteiger partial charge in [-0.05, 0) is 17.7 Å². The lowest BCUT2D eigenvalue weighted by Gasteiger charge is -2.02. The molecule has 0 aromatic heterocycles. The van der Waals surface area contributed by atoms with E-state index in [4.69, 9.17) is 21.1 Å². The summed E-state index contributed by atoms with van der Waals surface area (Å²) in [6.45, 7) is 0.0287. The van der Waals surface area contributed by atoms with Gasteiger partial charge in [-0.15, -0.1) is 3.89 Å². The Bertz CT molecular complexity index is 500. The normalized spacial score (nSPS) is 14.3. The van der Waals surface area contributed by atoms with Gasteiger partial charge in [0, 0.05) is 0 Å². The molecule has 4 nitrogen and oxygen atoms in total. The van der Waals surface area contributed by atoms with Crippen LogP contribution >= 0.6 is 11.6 Å². The molecule has 0 saturated heterocycles. The second-order valence-corrected chi connectivity index (χ2v) is 4.77. The Morgan fingerprint density at radius 1 is 1.40 bits per heavy atom. The lowest BCUT2D eigenvalue weighted by molar-refractivity contribution is 0.174. The minimum Gasteiger partial charge on any atom is -0.454 e. The average Bonchev–Trinajstić information content (AvgIpc) is 2.48. The summed E-state index contributed by atoms with van der Waals surface area (Å²) < 4.78 is 43.3. The van der Waals surface area contributed by atoms with Crippen molar-refractivity contribution in [1.29, 1.82) is 0 Å². The SMILES string of the molecule is O=S(=O)(F)Cc1cc(Cl)c2c(c1)OCO2. The molecule has 0 N–H and O–H groups in total. The summed E-state index contributed by atoms with van der Waals surface area (Å²) in [6.07, 6.45) is 0. The maximum absolute atomic E-state index is 12.4. The Kier molecular flexibility index (Phi) is 2.47. The van der Waals surface area contributed by atoms with E-state index >= 15 is 0 Å². The molecular weight excluding hydrogens is 247 g/mol. The number of hydrogen-bond donors (Lipinski definition) is 0. The fraction of sp³-hybridized carbons (Fsp3) is 0.250. The first-order chi connectivity index (χ1) is 6.96. The predicted octanol–water partition coefficient (Wildman–Crippen LogP) is 1.87. The van der Waals surface area contributed by atoms with Crippen LogP contribution in [0, 0.1) is 0 Å². The molecule has 0 unspecified atom stereocenters. The van der Waals surface area contributed by atoms with Gasteiger partial charge >= 0.3 is 10.2 Å². The smallest absolute Gasteiger partial charge is 0.306 e. The van der Waals surface area contributed by atoms with Crippen LogP contribution in [-0.4, -0.2) is 15.2 Å². The first kappa shape index (κ1) is 10.5. The molecule has 15 heavy (non-hydrogen) atoms. The molecule has 2 rings (SSSR count). The van der Waals surface area contributed by atoms with Crippen LogP contribution < -0.4 is 9.47 Å². The first-order valence-corrected chi connectivity index (χ1v) is 5.89. The van der Waals surface area contributed by atoms with Crippen LogP contribution in [0.3, 0.4) is 0 Å². The maximum Gasteiger partial charge on any atom is 0.306 e. The zero-order chi connectivity index (χ0) is 11.1. The Labute approximate surface area is 90.8 Å². The highest BCUT2D eigenvalue weighted by atomic mass is 35.5. The molecule has 1 aromatic rings. The van der Waals surface area contributed by atoms with Gasteiger partial charge in [0.05, 0.1) is 5.02 Å². The molecule has 1 aromatic carbocycles. The van der Waals surface area contributed by atoms with E-state index in [1.165, 1.54) is 12.1 Å². The summed E-state index contributed by atoms with van der Waals surface area (Å²) in [5, 5.41) is 0.212. The van der Waals surface area contributed by atoms with Crippen LogP contribution in [0.15, 0.2) is 12.1 Å². The molecule has 0 bridgehead atoms. The predicted molar refractivity (Wildman–Crippen MR) is 51.3 cm³/mol. The second kappa shape index (κ2) is 3.53. The Morgan fingerprint density at radius 2 is 2.13 bits per heavy atom. The highest BCUT2D eigenvalue weighted by molar-refractivity contribution is 7.85. The van der Waals surface area contributed by atoms with E-state index in [0.29, 0.717) is 11.5 Å². The third-order valence-corrected chi connectivity index (χ3v) is 2.78. The third-order valence-electron chi connectivity index (χ3n) is 1.83. The summed E-state index contributed by atoms with van der Waals surface area (Å²) in [5.41, 5.74) is 0.228. The molecule has 1 aliphatic rings. The van der Waals surface area contributed by atoms with Gasteiger partial charge in [0.25, 0.3) is 0 Å². The van der Waals surface area contributed by atoms with Crippen LogP contribution in [0.5, 0.6) is 11.5 Å². The molecule has 0 spiro atoms. The standard InChI is InChI=1S/C8H6ClFO4S/c9-6-1-5(3-15(10,11)12)2-7-8(6)14-4-13-7/h1-2H,3-4H2. The third kappa shape index (κ3) is 2.32. The van der Waals surface area contributed by atoms with E-state index in [1.807, 2.05) is 0 Å². The average molecular weight is 253 g/mol. The second-order valence-electron chi connectivity index (χ2n) is 2.99. The number of rotatable bonds is 2. The van der Waals surface area contributed by atoms with Crippen LogP contribution in [0.4, 0.5) is 3.89 Å². The van der Waals surface area contributed by atoms with Gasteiger partial charge in [-0.2, -0.15) is 8.42 Å². The molecule has 82 valence electrons. The summed E-state index contributed by atoms with van der Waals surface area (Å²) in [6, 6.07) is 2.73. The molecule has 0 amide bonds. The van der Waals surface area contributed by atoms with Crippen LogP contribution in [-0.2, 0) is 16.0 Å². The molecule has 0 aliphatic carbocycles. The number of hydrogen-bond acceptors (Lipinski definition) is 4. The Hall–Kier alpha value is -1.01. The van der Waals surface area contributed by atoms with Gasteiger partial charge in [-0.25, -0.2) is 0 Å². The van der Waals surface area contributed by atoms with Crippen molar-refractivity contribution in [1.82, 2.24) is 0 Å². The molecular formula is C8H6ClFO4S. The maximum atomic E-state index is 12.4. The van der Waals surface area contributed by atoms with Gasteiger partial charge in [0.2, 0.25) is 6.79 Å². The molecule has 7 heteroatoms. The summed E-state index contributed by atoms with van der Waals surface area (Å²) >= 11 is 5.78. The first-order valence-electron chi connectivity index (χ1n) is 3.96. The number of ether oxygens (including phenoxy) is 2. The highest BCUT2D eigenvalue weighted by Crippen LogP contribution is 2.40. The number of fused-ring (bicyclic) bond motifs is 1. The van der Waals surface area contributed by atoms with Crippen molar-refractivity contribution in [2.45, 2.75) is 5.75 Å². The topological polar surface area (TPSA) is 52.6 Å². The van der Waals surface area contributed by atoms with E-state index in [1.54, 1.807) is 0 Å². The van der Waals surface area contributed by atoms with Gasteiger partial charge in [-0.1, -0.05) is 11.6 Å². The molecule has 0 fully saturated rings. The van der Waals surface area contributed by atoms with Crippen molar-refractivity contribution >= 4 is 21.8 Å². The molecule has 0 radical (unpaired) electrons. The van der Waals surface area contributed by atoms with Crippen LogP contribution in [0.2, 0.25) is 5.02 Å². The quantitative estimate of drug-likeness (QED) is 0.754. The monoisotopic (exact) mass is 252 g/mol. The Morgan fingerprint density at radius 3 is 2.80 bits per heavy atom.